The SMILES string of the molecule is O=C(O)C(Nc1nccc2sccc12)C1CC1. The van der Waals surface area contributed by atoms with Crippen LogP contribution in [0.5, 0.6) is 0 Å². The van der Waals surface area contributed by atoms with Gasteiger partial charge >= 0.3 is 5.97 Å². The summed E-state index contributed by atoms with van der Waals surface area (Å²) in [5, 5.41) is 15.2. The summed E-state index contributed by atoms with van der Waals surface area (Å²) in [6.45, 7) is 0. The highest BCUT2D eigenvalue weighted by Crippen LogP contribution is 2.35. The van der Waals surface area contributed by atoms with E-state index in [0.717, 1.165) is 22.9 Å². The van der Waals surface area contributed by atoms with Crippen LogP contribution >= 0.6 is 11.3 Å². The van der Waals surface area contributed by atoms with Gasteiger partial charge in [0, 0.05) is 16.3 Å². The summed E-state index contributed by atoms with van der Waals surface area (Å²) in [6, 6.07) is 3.41. The van der Waals surface area contributed by atoms with Gasteiger partial charge in [0.2, 0.25) is 0 Å². The van der Waals surface area contributed by atoms with Gasteiger partial charge in [-0.25, -0.2) is 9.78 Å². The maximum absolute atomic E-state index is 11.2. The topological polar surface area (TPSA) is 62.2 Å². The third kappa shape index (κ3) is 1.98. The number of nitrogens with zero attached hydrogens (tertiary/aromatic N) is 1. The second kappa shape index (κ2) is 4.00. The number of hydrogen-bond acceptors (Lipinski definition) is 4. The van der Waals surface area contributed by atoms with Crippen LogP contribution in [0.1, 0.15) is 12.8 Å². The standard InChI is InChI=1S/C12H12N2O2S/c15-12(16)10(7-1-2-7)14-11-8-4-6-17-9(8)3-5-13-11/h3-7,10H,1-2H2,(H,13,14)(H,15,16). The fourth-order valence-corrected chi connectivity index (χ4v) is 2.75. The molecule has 0 aromatic carbocycles. The lowest BCUT2D eigenvalue weighted by atomic mass is 10.2. The van der Waals surface area contributed by atoms with Crippen LogP contribution in [-0.2, 0) is 4.79 Å². The second-order valence-corrected chi connectivity index (χ2v) is 5.24. The zero-order chi connectivity index (χ0) is 11.8. The number of pyridine rings is 1. The van der Waals surface area contributed by atoms with Crippen molar-refractivity contribution in [1.29, 1.82) is 0 Å². The highest BCUT2D eigenvalue weighted by molar-refractivity contribution is 7.17. The lowest BCUT2D eigenvalue weighted by molar-refractivity contribution is -0.138. The molecule has 2 aromatic heterocycles. The average Bonchev–Trinajstić information content (AvgIpc) is 3.02. The first kappa shape index (κ1) is 10.5. The Bertz CT molecular complexity index is 562. The van der Waals surface area contributed by atoms with Crippen LogP contribution in [0, 0.1) is 5.92 Å². The number of nitrogens with one attached hydrogen (secondary N) is 1. The molecule has 0 saturated heterocycles. The van der Waals surface area contributed by atoms with Crippen molar-refractivity contribution < 1.29 is 9.90 Å². The molecule has 0 spiro atoms. The number of carboxylic acids is 1. The van der Waals surface area contributed by atoms with Gasteiger partial charge < -0.3 is 10.4 Å². The van der Waals surface area contributed by atoms with E-state index in [9.17, 15) is 9.90 Å². The molecule has 1 unspecified atom stereocenters. The van der Waals surface area contributed by atoms with Gasteiger partial charge in [-0.05, 0) is 36.3 Å². The highest BCUT2D eigenvalue weighted by atomic mass is 32.1. The molecule has 1 saturated carbocycles. The summed E-state index contributed by atoms with van der Waals surface area (Å²) in [5.74, 6) is 0.146. The molecule has 1 aliphatic rings. The van der Waals surface area contributed by atoms with E-state index in [-0.39, 0.29) is 5.92 Å². The lowest BCUT2D eigenvalue weighted by Gasteiger charge is -2.14. The van der Waals surface area contributed by atoms with E-state index in [1.165, 1.54) is 0 Å². The van der Waals surface area contributed by atoms with Crippen LogP contribution in [0.2, 0.25) is 0 Å². The Labute approximate surface area is 102 Å². The van der Waals surface area contributed by atoms with E-state index in [2.05, 4.69) is 10.3 Å². The van der Waals surface area contributed by atoms with Gasteiger partial charge in [-0.3, -0.25) is 0 Å². The number of aromatic nitrogens is 1. The molecule has 17 heavy (non-hydrogen) atoms. The van der Waals surface area contributed by atoms with E-state index in [0.29, 0.717) is 5.82 Å². The summed E-state index contributed by atoms with van der Waals surface area (Å²) in [4.78, 5) is 15.4. The summed E-state index contributed by atoms with van der Waals surface area (Å²) in [6.07, 6.45) is 3.69. The molecule has 2 aromatic rings. The van der Waals surface area contributed by atoms with E-state index in [1.54, 1.807) is 17.5 Å². The zero-order valence-electron chi connectivity index (χ0n) is 9.09. The first-order valence-corrected chi connectivity index (χ1v) is 6.45. The molecule has 0 aliphatic heterocycles. The number of carbonyl (C=O) groups is 1. The van der Waals surface area contributed by atoms with Crippen LogP contribution in [0.4, 0.5) is 5.82 Å². The maximum atomic E-state index is 11.2. The zero-order valence-corrected chi connectivity index (χ0v) is 9.91. The van der Waals surface area contributed by atoms with E-state index in [4.69, 9.17) is 0 Å². The number of fused-ring (bicyclic) bond motifs is 1. The van der Waals surface area contributed by atoms with Crippen molar-refractivity contribution in [2.24, 2.45) is 5.92 Å². The first-order chi connectivity index (χ1) is 8.25. The fraction of sp³-hybridized carbons (Fsp3) is 0.333. The number of anilines is 1. The molecule has 2 heterocycles. The monoisotopic (exact) mass is 248 g/mol. The van der Waals surface area contributed by atoms with Gasteiger partial charge in [0.25, 0.3) is 0 Å². The minimum atomic E-state index is -0.790. The van der Waals surface area contributed by atoms with Crippen LogP contribution in [0.25, 0.3) is 10.1 Å². The quantitative estimate of drug-likeness (QED) is 0.873. The summed E-state index contributed by atoms with van der Waals surface area (Å²) >= 11 is 1.63. The van der Waals surface area contributed by atoms with Crippen LogP contribution in [0.15, 0.2) is 23.7 Å². The summed E-state index contributed by atoms with van der Waals surface area (Å²) in [7, 11) is 0. The molecular formula is C12H12N2O2S. The second-order valence-electron chi connectivity index (χ2n) is 4.29. The van der Waals surface area contributed by atoms with Gasteiger partial charge in [-0.2, -0.15) is 0 Å². The Morgan fingerprint density at radius 3 is 3.06 bits per heavy atom. The Morgan fingerprint density at radius 2 is 2.35 bits per heavy atom. The molecule has 4 nitrogen and oxygen atoms in total. The number of thiophene rings is 1. The van der Waals surface area contributed by atoms with Gasteiger partial charge in [-0.1, -0.05) is 0 Å². The predicted octanol–water partition coefficient (Wildman–Crippen LogP) is 2.57. The molecule has 1 fully saturated rings. The number of rotatable bonds is 4. The fourth-order valence-electron chi connectivity index (χ4n) is 1.97. The minimum absolute atomic E-state index is 0.253. The van der Waals surface area contributed by atoms with Crippen molar-refractivity contribution in [2.45, 2.75) is 18.9 Å². The van der Waals surface area contributed by atoms with Gasteiger partial charge in [0.05, 0.1) is 0 Å². The van der Waals surface area contributed by atoms with Crippen molar-refractivity contribution in [3.8, 4) is 0 Å². The molecule has 2 N–H and O–H groups in total. The van der Waals surface area contributed by atoms with Crippen molar-refractivity contribution in [1.82, 2.24) is 4.98 Å². The van der Waals surface area contributed by atoms with Crippen molar-refractivity contribution in [2.75, 3.05) is 5.32 Å². The lowest BCUT2D eigenvalue weighted by Crippen LogP contribution is -2.31. The van der Waals surface area contributed by atoms with Crippen LogP contribution in [0.3, 0.4) is 0 Å². The third-order valence-corrected chi connectivity index (χ3v) is 3.91. The minimum Gasteiger partial charge on any atom is -0.480 e. The Hall–Kier alpha value is -1.62. The van der Waals surface area contributed by atoms with Crippen molar-refractivity contribution in [3.63, 3.8) is 0 Å². The number of hydrogen-bond donors (Lipinski definition) is 2. The Kier molecular flexibility index (Phi) is 2.48. The Morgan fingerprint density at radius 1 is 1.53 bits per heavy atom. The van der Waals surface area contributed by atoms with Crippen LogP contribution < -0.4 is 5.32 Å². The van der Waals surface area contributed by atoms with Crippen molar-refractivity contribution in [3.05, 3.63) is 23.7 Å². The van der Waals surface area contributed by atoms with E-state index in [1.807, 2.05) is 17.5 Å². The Balaban J connectivity index is 1.93. The number of aliphatic carboxylic acids is 1. The predicted molar refractivity (Wildman–Crippen MR) is 67.4 cm³/mol. The van der Waals surface area contributed by atoms with Gasteiger partial charge in [0.1, 0.15) is 11.9 Å². The smallest absolute Gasteiger partial charge is 0.326 e. The molecule has 0 amide bonds. The highest BCUT2D eigenvalue weighted by Gasteiger charge is 2.36. The molecule has 5 heteroatoms. The van der Waals surface area contributed by atoms with Gasteiger partial charge in [0.15, 0.2) is 0 Å². The molecule has 0 radical (unpaired) electrons. The van der Waals surface area contributed by atoms with E-state index >= 15 is 0 Å². The van der Waals surface area contributed by atoms with Crippen molar-refractivity contribution >= 4 is 33.2 Å². The summed E-state index contributed by atoms with van der Waals surface area (Å²) < 4.78 is 1.13. The number of carboxylic acid groups (broad SMARTS) is 1. The largest absolute Gasteiger partial charge is 0.480 e. The average molecular weight is 248 g/mol. The molecule has 3 rings (SSSR count). The van der Waals surface area contributed by atoms with Gasteiger partial charge in [-0.15, -0.1) is 11.3 Å². The molecule has 0 bridgehead atoms. The van der Waals surface area contributed by atoms with Crippen LogP contribution in [-0.4, -0.2) is 22.1 Å². The third-order valence-electron chi connectivity index (χ3n) is 3.03. The normalized spacial score (nSPS) is 16.9. The molecule has 88 valence electrons. The molecular weight excluding hydrogens is 236 g/mol. The molecule has 1 aliphatic carbocycles. The molecule has 1 atom stereocenters. The maximum Gasteiger partial charge on any atom is 0.326 e. The first-order valence-electron chi connectivity index (χ1n) is 5.57. The summed E-state index contributed by atoms with van der Waals surface area (Å²) in [5.41, 5.74) is 0. The van der Waals surface area contributed by atoms with E-state index < -0.39 is 12.0 Å².